The van der Waals surface area contributed by atoms with E-state index in [2.05, 4.69) is 20.6 Å². The number of hydrogen-bond donors (Lipinski definition) is 2. The van der Waals surface area contributed by atoms with Crippen LogP contribution in [0.15, 0.2) is 67.1 Å². The fraction of sp³-hybridized carbons (Fsp3) is 0.100. The Kier molecular flexibility index (Phi) is 5.67. The molecule has 2 N–H and O–H groups in total. The van der Waals surface area contributed by atoms with Crippen molar-refractivity contribution < 1.29 is 9.59 Å². The first-order valence-corrected chi connectivity index (χ1v) is 8.22. The highest BCUT2D eigenvalue weighted by Gasteiger charge is 2.03. The molecule has 0 unspecified atom stereocenters. The Labute approximate surface area is 151 Å². The van der Waals surface area contributed by atoms with Crippen molar-refractivity contribution in [2.24, 2.45) is 0 Å². The van der Waals surface area contributed by atoms with Gasteiger partial charge >= 0.3 is 0 Å². The van der Waals surface area contributed by atoms with E-state index in [1.807, 2.05) is 30.3 Å². The van der Waals surface area contributed by atoms with Gasteiger partial charge in [-0.05, 0) is 35.9 Å². The molecule has 2 amide bonds. The van der Waals surface area contributed by atoms with Crippen LogP contribution in [0.4, 0.5) is 5.69 Å². The first kappa shape index (κ1) is 17.3. The van der Waals surface area contributed by atoms with Crippen LogP contribution in [0, 0.1) is 0 Å². The number of nitrogens with zero attached hydrogens (tertiary/aromatic N) is 2. The first-order valence-electron chi connectivity index (χ1n) is 8.22. The van der Waals surface area contributed by atoms with E-state index in [9.17, 15) is 9.59 Å². The van der Waals surface area contributed by atoms with E-state index < -0.39 is 0 Å². The lowest BCUT2D eigenvalue weighted by Crippen LogP contribution is -2.26. The number of para-hydroxylation sites is 1. The van der Waals surface area contributed by atoms with E-state index >= 15 is 0 Å². The van der Waals surface area contributed by atoms with Gasteiger partial charge in [-0.25, -0.2) is 0 Å². The summed E-state index contributed by atoms with van der Waals surface area (Å²) in [6.07, 6.45) is 8.32. The fourth-order valence-corrected chi connectivity index (χ4v) is 2.45. The molecule has 130 valence electrons. The summed E-state index contributed by atoms with van der Waals surface area (Å²) in [7, 11) is 0. The summed E-state index contributed by atoms with van der Waals surface area (Å²) >= 11 is 0. The zero-order valence-electron chi connectivity index (χ0n) is 14.1. The van der Waals surface area contributed by atoms with Crippen LogP contribution < -0.4 is 10.6 Å². The minimum atomic E-state index is -0.248. The molecule has 2 aromatic heterocycles. The second-order valence-electron chi connectivity index (χ2n) is 5.58. The number of fused-ring (bicyclic) bond motifs is 1. The van der Waals surface area contributed by atoms with Gasteiger partial charge in [0.2, 0.25) is 11.8 Å². The molecule has 0 radical (unpaired) electrons. The van der Waals surface area contributed by atoms with Crippen LogP contribution in [-0.4, -0.2) is 28.3 Å². The zero-order valence-corrected chi connectivity index (χ0v) is 14.1. The Hall–Kier alpha value is -3.54. The summed E-state index contributed by atoms with van der Waals surface area (Å²) in [5, 5.41) is 6.42. The van der Waals surface area contributed by atoms with E-state index in [-0.39, 0.29) is 24.8 Å². The Balaban J connectivity index is 1.49. The number of amides is 2. The van der Waals surface area contributed by atoms with Gasteiger partial charge in [-0.1, -0.05) is 18.2 Å². The topological polar surface area (TPSA) is 84.0 Å². The SMILES string of the molecule is O=C(C=Cc1ccnc2ccccc12)NCCC(=O)Nc1ccncc1. The summed E-state index contributed by atoms with van der Waals surface area (Å²) in [6.45, 7) is 0.261. The average Bonchev–Trinajstić information content (AvgIpc) is 2.67. The Morgan fingerprint density at radius 3 is 2.65 bits per heavy atom. The van der Waals surface area contributed by atoms with Gasteiger partial charge in [-0.15, -0.1) is 0 Å². The normalized spacial score (nSPS) is 10.8. The molecule has 6 nitrogen and oxygen atoms in total. The molecule has 2 heterocycles. The molecule has 3 rings (SSSR count). The molecule has 3 aromatic rings. The average molecular weight is 346 g/mol. The van der Waals surface area contributed by atoms with Crippen LogP contribution in [0.5, 0.6) is 0 Å². The molecule has 0 aliphatic carbocycles. The maximum atomic E-state index is 11.9. The molecule has 26 heavy (non-hydrogen) atoms. The number of carbonyl (C=O) groups excluding carboxylic acids is 2. The van der Waals surface area contributed by atoms with Crippen LogP contribution in [0.25, 0.3) is 17.0 Å². The first-order chi connectivity index (χ1) is 12.7. The van der Waals surface area contributed by atoms with Gasteiger partial charge in [-0.3, -0.25) is 19.6 Å². The van der Waals surface area contributed by atoms with Crippen molar-refractivity contribution in [2.45, 2.75) is 6.42 Å². The molecule has 0 bridgehead atoms. The second kappa shape index (κ2) is 8.53. The van der Waals surface area contributed by atoms with Crippen LogP contribution in [0.3, 0.4) is 0 Å². The number of rotatable bonds is 6. The highest BCUT2D eigenvalue weighted by molar-refractivity contribution is 5.96. The number of carbonyl (C=O) groups is 2. The Morgan fingerprint density at radius 1 is 1.00 bits per heavy atom. The van der Waals surface area contributed by atoms with E-state index in [1.54, 1.807) is 36.8 Å². The maximum absolute atomic E-state index is 11.9. The predicted molar refractivity (Wildman–Crippen MR) is 101 cm³/mol. The third kappa shape index (κ3) is 4.73. The highest BCUT2D eigenvalue weighted by Crippen LogP contribution is 2.17. The van der Waals surface area contributed by atoms with Crippen molar-refractivity contribution in [2.75, 3.05) is 11.9 Å². The minimum absolute atomic E-state index is 0.166. The lowest BCUT2D eigenvalue weighted by molar-refractivity contribution is -0.117. The zero-order chi connectivity index (χ0) is 18.2. The number of pyridine rings is 2. The van der Waals surface area contributed by atoms with E-state index in [0.717, 1.165) is 16.5 Å². The van der Waals surface area contributed by atoms with Crippen molar-refractivity contribution in [1.82, 2.24) is 15.3 Å². The third-order valence-corrected chi connectivity index (χ3v) is 3.71. The summed E-state index contributed by atoms with van der Waals surface area (Å²) < 4.78 is 0. The van der Waals surface area contributed by atoms with Gasteiger partial charge in [-0.2, -0.15) is 0 Å². The second-order valence-corrected chi connectivity index (χ2v) is 5.58. The smallest absolute Gasteiger partial charge is 0.244 e. The van der Waals surface area contributed by atoms with Gasteiger partial charge in [0.25, 0.3) is 0 Å². The van der Waals surface area contributed by atoms with Gasteiger partial charge in [0, 0.05) is 48.7 Å². The van der Waals surface area contributed by atoms with Crippen molar-refractivity contribution in [3.8, 4) is 0 Å². The summed E-state index contributed by atoms with van der Waals surface area (Å²) in [6, 6.07) is 13.0. The summed E-state index contributed by atoms with van der Waals surface area (Å²) in [5.74, 6) is -0.414. The van der Waals surface area contributed by atoms with E-state index in [4.69, 9.17) is 0 Å². The summed E-state index contributed by atoms with van der Waals surface area (Å²) in [5.41, 5.74) is 2.48. The molecule has 6 heteroatoms. The number of aromatic nitrogens is 2. The van der Waals surface area contributed by atoms with Crippen molar-refractivity contribution in [3.05, 3.63) is 72.7 Å². The van der Waals surface area contributed by atoms with Gasteiger partial charge < -0.3 is 10.6 Å². The van der Waals surface area contributed by atoms with E-state index in [1.165, 1.54) is 6.08 Å². The van der Waals surface area contributed by atoms with Crippen LogP contribution in [-0.2, 0) is 9.59 Å². The van der Waals surface area contributed by atoms with Gasteiger partial charge in [0.1, 0.15) is 0 Å². The molecule has 0 atom stereocenters. The molecular weight excluding hydrogens is 328 g/mol. The molecule has 0 saturated heterocycles. The largest absolute Gasteiger partial charge is 0.352 e. The lowest BCUT2D eigenvalue weighted by atomic mass is 10.1. The Bertz CT molecular complexity index is 933. The standard InChI is InChI=1S/C20H18N4O2/c25-19(23-14-10-20(26)24-16-8-11-21-12-9-16)6-5-15-7-13-22-18-4-2-1-3-17(15)18/h1-9,11-13H,10,14H2,(H,23,25)(H,21,24,26). The number of nitrogens with one attached hydrogen (secondary N) is 2. The Morgan fingerprint density at radius 2 is 1.81 bits per heavy atom. The van der Waals surface area contributed by atoms with Crippen LogP contribution in [0.2, 0.25) is 0 Å². The van der Waals surface area contributed by atoms with Gasteiger partial charge in [0.15, 0.2) is 0 Å². The third-order valence-electron chi connectivity index (χ3n) is 3.71. The van der Waals surface area contributed by atoms with Crippen molar-refractivity contribution in [1.29, 1.82) is 0 Å². The highest BCUT2D eigenvalue weighted by atomic mass is 16.2. The molecular formula is C20H18N4O2. The van der Waals surface area contributed by atoms with Crippen LogP contribution in [0.1, 0.15) is 12.0 Å². The molecule has 1 aromatic carbocycles. The molecule has 0 spiro atoms. The fourth-order valence-electron chi connectivity index (χ4n) is 2.45. The lowest BCUT2D eigenvalue weighted by Gasteiger charge is -2.05. The minimum Gasteiger partial charge on any atom is -0.352 e. The number of anilines is 1. The monoisotopic (exact) mass is 346 g/mol. The predicted octanol–water partition coefficient (Wildman–Crippen LogP) is 2.79. The molecule has 0 aliphatic heterocycles. The quantitative estimate of drug-likeness (QED) is 0.672. The van der Waals surface area contributed by atoms with Gasteiger partial charge in [0.05, 0.1) is 5.52 Å². The van der Waals surface area contributed by atoms with E-state index in [0.29, 0.717) is 5.69 Å². The van der Waals surface area contributed by atoms with Crippen LogP contribution >= 0.6 is 0 Å². The van der Waals surface area contributed by atoms with Crippen molar-refractivity contribution >= 4 is 34.5 Å². The number of hydrogen-bond acceptors (Lipinski definition) is 4. The molecule has 0 saturated carbocycles. The number of benzene rings is 1. The molecule has 0 aliphatic rings. The molecule has 0 fully saturated rings. The van der Waals surface area contributed by atoms with Crippen molar-refractivity contribution in [3.63, 3.8) is 0 Å². The summed E-state index contributed by atoms with van der Waals surface area (Å²) in [4.78, 5) is 31.9. The maximum Gasteiger partial charge on any atom is 0.244 e.